The number of phenols is 1. The Hall–Kier alpha value is -1.26. The number of phenolic OH excluding ortho intramolecular Hbond substituents is 1. The molecule has 1 aromatic carbocycles. The summed E-state index contributed by atoms with van der Waals surface area (Å²) in [5.74, 6) is 0.640. The lowest BCUT2D eigenvalue weighted by molar-refractivity contribution is -0.120. The van der Waals surface area contributed by atoms with E-state index in [4.69, 9.17) is 11.6 Å². The molecule has 5 heteroatoms. The molecule has 1 amide bonds. The standard InChI is InChI=1S/C19H27ClN2O2/c20-17-10-14(6-7-18(17)23)11-19(24)21-12-15-8-9-22(13-15)16-4-2-1-3-5-16/h6-7,10,15-16,23H,1-5,8-9,11-13H2,(H,21,24)/t15-/m1/s1. The first-order valence-corrected chi connectivity index (χ1v) is 9.48. The third-order valence-corrected chi connectivity index (χ3v) is 5.68. The molecule has 0 aromatic heterocycles. The van der Waals surface area contributed by atoms with Gasteiger partial charge >= 0.3 is 0 Å². The van der Waals surface area contributed by atoms with Gasteiger partial charge < -0.3 is 15.3 Å². The fraction of sp³-hybridized carbons (Fsp3) is 0.632. The number of nitrogens with zero attached hydrogens (tertiary/aromatic N) is 1. The SMILES string of the molecule is O=C(Cc1ccc(O)c(Cl)c1)NC[C@H]1CCN(C2CCCCC2)C1. The quantitative estimate of drug-likeness (QED) is 0.856. The Morgan fingerprint density at radius 1 is 1.25 bits per heavy atom. The second-order valence-corrected chi connectivity index (χ2v) is 7.62. The van der Waals surface area contributed by atoms with Gasteiger partial charge in [-0.25, -0.2) is 0 Å². The molecule has 0 radical (unpaired) electrons. The van der Waals surface area contributed by atoms with Crippen molar-refractivity contribution in [3.05, 3.63) is 28.8 Å². The van der Waals surface area contributed by atoms with Crippen molar-refractivity contribution in [3.8, 4) is 5.75 Å². The number of carbonyl (C=O) groups is 1. The number of benzene rings is 1. The van der Waals surface area contributed by atoms with Crippen LogP contribution in [-0.4, -0.2) is 41.6 Å². The van der Waals surface area contributed by atoms with Crippen LogP contribution in [0.15, 0.2) is 18.2 Å². The Kier molecular flexibility index (Phi) is 6.01. The number of carbonyl (C=O) groups excluding carboxylic acids is 1. The largest absolute Gasteiger partial charge is 0.506 e. The highest BCUT2D eigenvalue weighted by molar-refractivity contribution is 6.32. The summed E-state index contributed by atoms with van der Waals surface area (Å²) in [5.41, 5.74) is 0.825. The average molecular weight is 351 g/mol. The van der Waals surface area contributed by atoms with Gasteiger partial charge in [0.15, 0.2) is 0 Å². The lowest BCUT2D eigenvalue weighted by Crippen LogP contribution is -2.36. The van der Waals surface area contributed by atoms with Gasteiger partial charge in [-0.3, -0.25) is 4.79 Å². The molecule has 0 unspecified atom stereocenters. The van der Waals surface area contributed by atoms with Gasteiger partial charge in [-0.1, -0.05) is 36.9 Å². The highest BCUT2D eigenvalue weighted by Crippen LogP contribution is 2.27. The fourth-order valence-corrected chi connectivity index (χ4v) is 4.18. The van der Waals surface area contributed by atoms with E-state index in [0.29, 0.717) is 17.4 Å². The molecule has 2 aliphatic rings. The Balaban J connectivity index is 1.41. The number of nitrogens with one attached hydrogen (secondary N) is 1. The number of aromatic hydroxyl groups is 1. The summed E-state index contributed by atoms with van der Waals surface area (Å²) in [7, 11) is 0. The second kappa shape index (κ2) is 8.21. The van der Waals surface area contributed by atoms with Crippen molar-refractivity contribution in [1.29, 1.82) is 0 Å². The van der Waals surface area contributed by atoms with Crippen LogP contribution in [0.5, 0.6) is 5.75 Å². The van der Waals surface area contributed by atoms with Crippen molar-refractivity contribution < 1.29 is 9.90 Å². The van der Waals surface area contributed by atoms with E-state index >= 15 is 0 Å². The minimum atomic E-state index is 0.0212. The number of hydrogen-bond acceptors (Lipinski definition) is 3. The molecule has 3 rings (SSSR count). The van der Waals surface area contributed by atoms with E-state index in [1.54, 1.807) is 12.1 Å². The van der Waals surface area contributed by atoms with Crippen LogP contribution in [0.4, 0.5) is 0 Å². The normalized spacial score (nSPS) is 22.6. The number of halogens is 1. The van der Waals surface area contributed by atoms with Crippen LogP contribution in [0, 0.1) is 5.92 Å². The zero-order chi connectivity index (χ0) is 16.9. The van der Waals surface area contributed by atoms with Gasteiger partial charge in [0, 0.05) is 19.1 Å². The lowest BCUT2D eigenvalue weighted by atomic mass is 9.94. The highest BCUT2D eigenvalue weighted by atomic mass is 35.5. The predicted octanol–water partition coefficient (Wildman–Crippen LogP) is 3.36. The molecular formula is C19H27ClN2O2. The van der Waals surface area contributed by atoms with Crippen molar-refractivity contribution in [3.63, 3.8) is 0 Å². The van der Waals surface area contributed by atoms with E-state index in [9.17, 15) is 9.90 Å². The maximum Gasteiger partial charge on any atom is 0.224 e. The molecule has 1 heterocycles. The van der Waals surface area contributed by atoms with Crippen molar-refractivity contribution in [2.45, 2.75) is 51.0 Å². The van der Waals surface area contributed by atoms with E-state index in [1.807, 2.05) is 0 Å². The highest BCUT2D eigenvalue weighted by Gasteiger charge is 2.29. The predicted molar refractivity (Wildman–Crippen MR) is 96.4 cm³/mol. The first-order chi connectivity index (χ1) is 11.6. The summed E-state index contributed by atoms with van der Waals surface area (Å²) < 4.78 is 0. The van der Waals surface area contributed by atoms with Crippen LogP contribution in [0.25, 0.3) is 0 Å². The van der Waals surface area contributed by atoms with E-state index in [0.717, 1.165) is 24.7 Å². The summed E-state index contributed by atoms with van der Waals surface area (Å²) in [6, 6.07) is 5.70. The van der Waals surface area contributed by atoms with Crippen LogP contribution in [0.1, 0.15) is 44.1 Å². The van der Waals surface area contributed by atoms with Gasteiger partial charge in [0.2, 0.25) is 5.91 Å². The van der Waals surface area contributed by atoms with Crippen molar-refractivity contribution in [2.24, 2.45) is 5.92 Å². The lowest BCUT2D eigenvalue weighted by Gasteiger charge is -2.31. The molecule has 132 valence electrons. The molecule has 24 heavy (non-hydrogen) atoms. The monoisotopic (exact) mass is 350 g/mol. The minimum absolute atomic E-state index is 0.0212. The molecule has 0 spiro atoms. The zero-order valence-electron chi connectivity index (χ0n) is 14.1. The smallest absolute Gasteiger partial charge is 0.224 e. The van der Waals surface area contributed by atoms with Crippen molar-refractivity contribution >= 4 is 17.5 Å². The summed E-state index contributed by atoms with van der Waals surface area (Å²) in [6.45, 7) is 3.06. The number of likely N-dealkylation sites (tertiary alicyclic amines) is 1. The van der Waals surface area contributed by atoms with Crippen molar-refractivity contribution in [1.82, 2.24) is 10.2 Å². The van der Waals surface area contributed by atoms with Crippen LogP contribution in [0.3, 0.4) is 0 Å². The number of amides is 1. The summed E-state index contributed by atoms with van der Waals surface area (Å²) in [6.07, 6.45) is 8.32. The van der Waals surface area contributed by atoms with Gasteiger partial charge in [0.25, 0.3) is 0 Å². The van der Waals surface area contributed by atoms with Crippen molar-refractivity contribution in [2.75, 3.05) is 19.6 Å². The van der Waals surface area contributed by atoms with Gasteiger partial charge in [-0.05, 0) is 49.4 Å². The fourth-order valence-electron chi connectivity index (χ4n) is 3.97. The number of rotatable bonds is 5. The first kappa shape index (κ1) is 17.6. The molecule has 2 fully saturated rings. The molecule has 4 nitrogen and oxygen atoms in total. The van der Waals surface area contributed by atoms with E-state index < -0.39 is 0 Å². The van der Waals surface area contributed by atoms with E-state index in [-0.39, 0.29) is 11.7 Å². The van der Waals surface area contributed by atoms with Gasteiger partial charge in [0.05, 0.1) is 11.4 Å². The van der Waals surface area contributed by atoms with Gasteiger partial charge in [0.1, 0.15) is 5.75 Å². The Morgan fingerprint density at radius 3 is 2.79 bits per heavy atom. The maximum atomic E-state index is 12.1. The molecule has 2 N–H and O–H groups in total. The van der Waals surface area contributed by atoms with Crippen LogP contribution < -0.4 is 5.32 Å². The first-order valence-electron chi connectivity index (χ1n) is 9.10. The molecule has 1 aliphatic carbocycles. The average Bonchev–Trinajstić information content (AvgIpc) is 3.06. The third-order valence-electron chi connectivity index (χ3n) is 5.37. The van der Waals surface area contributed by atoms with Crippen LogP contribution >= 0.6 is 11.6 Å². The Morgan fingerprint density at radius 2 is 2.04 bits per heavy atom. The molecular weight excluding hydrogens is 324 g/mol. The zero-order valence-corrected chi connectivity index (χ0v) is 14.9. The second-order valence-electron chi connectivity index (χ2n) is 7.21. The van der Waals surface area contributed by atoms with Crippen LogP contribution in [-0.2, 0) is 11.2 Å². The Labute approximate surface area is 149 Å². The van der Waals surface area contributed by atoms with Crippen LogP contribution in [0.2, 0.25) is 5.02 Å². The summed E-state index contributed by atoms with van der Waals surface area (Å²) in [4.78, 5) is 14.8. The summed E-state index contributed by atoms with van der Waals surface area (Å²) >= 11 is 5.88. The van der Waals surface area contributed by atoms with Gasteiger partial charge in [-0.15, -0.1) is 0 Å². The minimum Gasteiger partial charge on any atom is -0.506 e. The van der Waals surface area contributed by atoms with E-state index in [1.165, 1.54) is 51.1 Å². The topological polar surface area (TPSA) is 52.6 Å². The molecule has 0 bridgehead atoms. The third kappa shape index (κ3) is 4.64. The summed E-state index contributed by atoms with van der Waals surface area (Å²) in [5, 5.41) is 12.8. The molecule has 1 aliphatic heterocycles. The molecule has 1 saturated heterocycles. The molecule has 1 saturated carbocycles. The maximum absolute atomic E-state index is 12.1. The van der Waals surface area contributed by atoms with Gasteiger partial charge in [-0.2, -0.15) is 0 Å². The number of hydrogen-bond donors (Lipinski definition) is 2. The van der Waals surface area contributed by atoms with E-state index in [2.05, 4.69) is 10.2 Å². The molecule has 1 atom stereocenters. The molecule has 1 aromatic rings. The Bertz CT molecular complexity index is 572.